The van der Waals surface area contributed by atoms with Crippen LogP contribution in [-0.4, -0.2) is 28.4 Å². The van der Waals surface area contributed by atoms with Crippen molar-refractivity contribution in [3.05, 3.63) is 59.9 Å². The molecule has 0 saturated carbocycles. The van der Waals surface area contributed by atoms with Gasteiger partial charge in [0, 0.05) is 30.4 Å². The summed E-state index contributed by atoms with van der Waals surface area (Å²) in [5.74, 6) is 1.17. The number of rotatable bonds is 7. The van der Waals surface area contributed by atoms with Gasteiger partial charge in [-0.15, -0.1) is 11.8 Å². The van der Waals surface area contributed by atoms with Crippen molar-refractivity contribution in [2.45, 2.75) is 12.2 Å². The molecule has 0 bridgehead atoms. The van der Waals surface area contributed by atoms with Gasteiger partial charge in [0.05, 0.1) is 5.75 Å². The predicted molar refractivity (Wildman–Crippen MR) is 86.3 cm³/mol. The maximum atomic E-state index is 11.8. The first-order valence-corrected chi connectivity index (χ1v) is 7.89. The van der Waals surface area contributed by atoms with E-state index in [0.717, 1.165) is 22.6 Å². The van der Waals surface area contributed by atoms with Gasteiger partial charge in [-0.25, -0.2) is 0 Å². The van der Waals surface area contributed by atoms with Crippen LogP contribution in [0.5, 0.6) is 0 Å². The lowest BCUT2D eigenvalue weighted by molar-refractivity contribution is -0.113. The van der Waals surface area contributed by atoms with E-state index in [1.807, 2.05) is 42.6 Å². The molecule has 4 nitrogen and oxygen atoms in total. The standard InChI is InChI=1S/C16H18N2O2S/c19-9-7-13-3-5-15(6-4-13)18-16(20)12-21-11-14-2-1-8-17-10-14/h1-6,8,10,19H,7,9,11-12H2,(H,18,20). The Hall–Kier alpha value is -1.85. The Morgan fingerprint density at radius 2 is 2.00 bits per heavy atom. The number of benzene rings is 1. The maximum Gasteiger partial charge on any atom is 0.234 e. The number of aliphatic hydroxyl groups excluding tert-OH is 1. The minimum absolute atomic E-state index is 0.0150. The van der Waals surface area contributed by atoms with Crippen molar-refractivity contribution >= 4 is 23.4 Å². The number of hydrogen-bond acceptors (Lipinski definition) is 4. The molecule has 0 aliphatic heterocycles. The fourth-order valence-corrected chi connectivity index (χ4v) is 2.59. The molecule has 0 aliphatic carbocycles. The average Bonchev–Trinajstić information content (AvgIpc) is 2.51. The zero-order chi connectivity index (χ0) is 14.9. The molecule has 1 amide bonds. The normalized spacial score (nSPS) is 10.3. The van der Waals surface area contributed by atoms with Crippen LogP contribution in [-0.2, 0) is 17.0 Å². The number of nitrogens with one attached hydrogen (secondary N) is 1. The van der Waals surface area contributed by atoms with Crippen molar-refractivity contribution in [2.75, 3.05) is 17.7 Å². The quantitative estimate of drug-likeness (QED) is 0.825. The summed E-state index contributed by atoms with van der Waals surface area (Å²) < 4.78 is 0. The number of pyridine rings is 1. The van der Waals surface area contributed by atoms with Gasteiger partial charge in [0.15, 0.2) is 0 Å². The van der Waals surface area contributed by atoms with Crippen molar-refractivity contribution in [3.8, 4) is 0 Å². The molecule has 0 saturated heterocycles. The van der Waals surface area contributed by atoms with Gasteiger partial charge in [-0.2, -0.15) is 0 Å². The first kappa shape index (κ1) is 15.5. The highest BCUT2D eigenvalue weighted by Crippen LogP contribution is 2.13. The van der Waals surface area contributed by atoms with Crippen molar-refractivity contribution in [1.82, 2.24) is 4.98 Å². The third-order valence-electron chi connectivity index (χ3n) is 2.86. The second-order valence-electron chi connectivity index (χ2n) is 4.57. The van der Waals surface area contributed by atoms with Crippen LogP contribution in [0, 0.1) is 0 Å². The van der Waals surface area contributed by atoms with Gasteiger partial charge in [-0.05, 0) is 35.7 Å². The topological polar surface area (TPSA) is 62.2 Å². The molecule has 0 fully saturated rings. The molecule has 1 aromatic carbocycles. The van der Waals surface area contributed by atoms with Crippen LogP contribution >= 0.6 is 11.8 Å². The third-order valence-corrected chi connectivity index (χ3v) is 3.87. The summed E-state index contributed by atoms with van der Waals surface area (Å²) in [6.07, 6.45) is 4.18. The molecule has 2 aromatic rings. The lowest BCUT2D eigenvalue weighted by Crippen LogP contribution is -2.14. The summed E-state index contributed by atoms with van der Waals surface area (Å²) in [5, 5.41) is 11.7. The van der Waals surface area contributed by atoms with Crippen LogP contribution in [0.25, 0.3) is 0 Å². The number of carbonyl (C=O) groups excluding carboxylic acids is 1. The first-order valence-electron chi connectivity index (χ1n) is 6.74. The summed E-state index contributed by atoms with van der Waals surface area (Å²) >= 11 is 1.56. The number of thioether (sulfide) groups is 1. The van der Waals surface area contributed by atoms with E-state index >= 15 is 0 Å². The largest absolute Gasteiger partial charge is 0.396 e. The van der Waals surface area contributed by atoms with Crippen molar-refractivity contribution in [2.24, 2.45) is 0 Å². The van der Waals surface area contributed by atoms with Crippen LogP contribution in [0.15, 0.2) is 48.8 Å². The molecular formula is C16H18N2O2S. The Morgan fingerprint density at radius 3 is 2.67 bits per heavy atom. The van der Waals surface area contributed by atoms with Gasteiger partial charge in [0.2, 0.25) is 5.91 Å². The van der Waals surface area contributed by atoms with E-state index in [-0.39, 0.29) is 12.5 Å². The Labute approximate surface area is 128 Å². The summed E-state index contributed by atoms with van der Waals surface area (Å²) in [5.41, 5.74) is 2.95. The minimum atomic E-state index is -0.0150. The van der Waals surface area contributed by atoms with Gasteiger partial charge in [-0.1, -0.05) is 18.2 Å². The molecule has 0 unspecified atom stereocenters. The molecule has 110 valence electrons. The zero-order valence-corrected chi connectivity index (χ0v) is 12.5. The van der Waals surface area contributed by atoms with Crippen LogP contribution in [0.1, 0.15) is 11.1 Å². The van der Waals surface area contributed by atoms with E-state index in [4.69, 9.17) is 5.11 Å². The van der Waals surface area contributed by atoms with Crippen LogP contribution in [0.4, 0.5) is 5.69 Å². The van der Waals surface area contributed by atoms with Crippen molar-refractivity contribution in [3.63, 3.8) is 0 Å². The molecule has 0 aliphatic rings. The van der Waals surface area contributed by atoms with Crippen LogP contribution in [0.3, 0.4) is 0 Å². The van der Waals surface area contributed by atoms with Gasteiger partial charge in [0.1, 0.15) is 0 Å². The summed E-state index contributed by atoms with van der Waals surface area (Å²) in [6, 6.07) is 11.4. The fraction of sp³-hybridized carbons (Fsp3) is 0.250. The molecule has 2 rings (SSSR count). The number of nitrogens with zero attached hydrogens (tertiary/aromatic N) is 1. The van der Waals surface area contributed by atoms with Crippen molar-refractivity contribution in [1.29, 1.82) is 0 Å². The molecule has 0 atom stereocenters. The van der Waals surface area contributed by atoms with E-state index in [0.29, 0.717) is 12.2 Å². The van der Waals surface area contributed by atoms with Crippen LogP contribution in [0.2, 0.25) is 0 Å². The van der Waals surface area contributed by atoms with E-state index in [1.54, 1.807) is 18.0 Å². The van der Waals surface area contributed by atoms with Gasteiger partial charge in [0.25, 0.3) is 0 Å². The Kier molecular flexibility index (Phi) is 6.24. The number of aromatic nitrogens is 1. The second kappa shape index (κ2) is 8.44. The van der Waals surface area contributed by atoms with Gasteiger partial charge in [-0.3, -0.25) is 9.78 Å². The molecule has 1 heterocycles. The van der Waals surface area contributed by atoms with Crippen LogP contribution < -0.4 is 5.32 Å². The lowest BCUT2D eigenvalue weighted by Gasteiger charge is -2.06. The highest BCUT2D eigenvalue weighted by Gasteiger charge is 2.03. The molecule has 0 radical (unpaired) electrons. The summed E-state index contributed by atoms with van der Waals surface area (Å²) in [7, 11) is 0. The number of aliphatic hydroxyl groups is 1. The SMILES string of the molecule is O=C(CSCc1cccnc1)Nc1ccc(CCO)cc1. The highest BCUT2D eigenvalue weighted by atomic mass is 32.2. The number of amides is 1. The fourth-order valence-electron chi connectivity index (χ4n) is 1.83. The van der Waals surface area contributed by atoms with E-state index in [9.17, 15) is 4.79 Å². The lowest BCUT2D eigenvalue weighted by atomic mass is 10.1. The maximum absolute atomic E-state index is 11.8. The number of carbonyl (C=O) groups is 1. The van der Waals surface area contributed by atoms with E-state index < -0.39 is 0 Å². The van der Waals surface area contributed by atoms with E-state index in [1.165, 1.54) is 0 Å². The second-order valence-corrected chi connectivity index (χ2v) is 5.56. The Morgan fingerprint density at radius 1 is 1.19 bits per heavy atom. The Balaban J connectivity index is 1.74. The highest BCUT2D eigenvalue weighted by molar-refractivity contribution is 7.99. The summed E-state index contributed by atoms with van der Waals surface area (Å²) in [4.78, 5) is 15.9. The third kappa shape index (κ3) is 5.57. The van der Waals surface area contributed by atoms with Crippen molar-refractivity contribution < 1.29 is 9.90 Å². The molecule has 2 N–H and O–H groups in total. The summed E-state index contributed by atoms with van der Waals surface area (Å²) in [6.45, 7) is 0.136. The average molecular weight is 302 g/mol. The molecular weight excluding hydrogens is 284 g/mol. The molecule has 21 heavy (non-hydrogen) atoms. The molecule has 1 aromatic heterocycles. The van der Waals surface area contributed by atoms with Gasteiger partial charge >= 0.3 is 0 Å². The first-order chi connectivity index (χ1) is 10.3. The van der Waals surface area contributed by atoms with E-state index in [2.05, 4.69) is 10.3 Å². The smallest absolute Gasteiger partial charge is 0.234 e. The Bertz CT molecular complexity index is 558. The number of hydrogen-bond donors (Lipinski definition) is 2. The molecule has 0 spiro atoms. The number of anilines is 1. The minimum Gasteiger partial charge on any atom is -0.396 e. The monoisotopic (exact) mass is 302 g/mol. The zero-order valence-electron chi connectivity index (χ0n) is 11.7. The molecule has 5 heteroatoms. The predicted octanol–water partition coefficient (Wildman–Crippen LogP) is 2.49. The van der Waals surface area contributed by atoms with Gasteiger partial charge < -0.3 is 10.4 Å².